The lowest BCUT2D eigenvalue weighted by Gasteiger charge is -2.42. The van der Waals surface area contributed by atoms with Crippen molar-refractivity contribution in [2.45, 2.75) is 38.8 Å². The fourth-order valence-electron chi connectivity index (χ4n) is 3.94. The van der Waals surface area contributed by atoms with Crippen molar-refractivity contribution in [2.24, 2.45) is 5.92 Å². The molecule has 0 aromatic heterocycles. The van der Waals surface area contributed by atoms with Crippen LogP contribution in [0.4, 0.5) is 0 Å². The molecule has 1 saturated heterocycles. The highest BCUT2D eigenvalue weighted by atomic mass is 16.5. The standard InChI is InChI=1S/C20H30N2O3/c1-4-25-17-13-16(14-17)20(23)22-11-9-21(10-12-22)15(2)18-7-5-6-8-19(18)24-3/h5-8,15-17H,4,9-14H2,1-3H3. The predicted octanol–water partition coefficient (Wildman–Crippen LogP) is 2.72. The Balaban J connectivity index is 1.51. The molecule has 1 amide bonds. The van der Waals surface area contributed by atoms with Crippen LogP contribution in [0.15, 0.2) is 24.3 Å². The molecule has 1 aromatic rings. The van der Waals surface area contributed by atoms with Crippen LogP contribution in [0.25, 0.3) is 0 Å². The van der Waals surface area contributed by atoms with Crippen LogP contribution in [-0.4, -0.2) is 61.7 Å². The normalized spacial score (nSPS) is 25.3. The molecule has 1 heterocycles. The summed E-state index contributed by atoms with van der Waals surface area (Å²) in [5.41, 5.74) is 1.21. The molecule has 0 radical (unpaired) electrons. The SMILES string of the molecule is CCOC1CC(C(=O)N2CCN(C(C)c3ccccc3OC)CC2)C1. The number of benzene rings is 1. The molecule has 5 heteroatoms. The number of piperazine rings is 1. The van der Waals surface area contributed by atoms with E-state index in [4.69, 9.17) is 9.47 Å². The summed E-state index contributed by atoms with van der Waals surface area (Å²) in [5.74, 6) is 1.43. The minimum Gasteiger partial charge on any atom is -0.496 e. The minimum atomic E-state index is 0.176. The molecule has 138 valence electrons. The number of amides is 1. The van der Waals surface area contributed by atoms with Crippen LogP contribution in [0.5, 0.6) is 5.75 Å². The lowest BCUT2D eigenvalue weighted by molar-refractivity contribution is -0.146. The Morgan fingerprint density at radius 3 is 2.52 bits per heavy atom. The number of nitrogens with zero attached hydrogens (tertiary/aromatic N) is 2. The summed E-state index contributed by atoms with van der Waals surface area (Å²) in [6.45, 7) is 8.41. The largest absolute Gasteiger partial charge is 0.496 e. The number of hydrogen-bond acceptors (Lipinski definition) is 4. The molecule has 0 bridgehead atoms. The molecule has 2 fully saturated rings. The third kappa shape index (κ3) is 3.98. The second kappa shape index (κ2) is 8.19. The van der Waals surface area contributed by atoms with E-state index in [0.29, 0.717) is 18.1 Å². The van der Waals surface area contributed by atoms with E-state index in [-0.39, 0.29) is 5.92 Å². The number of rotatable bonds is 6. The topological polar surface area (TPSA) is 42.0 Å². The van der Waals surface area contributed by atoms with Gasteiger partial charge in [-0.1, -0.05) is 18.2 Å². The van der Waals surface area contributed by atoms with Gasteiger partial charge in [-0.2, -0.15) is 0 Å². The van der Waals surface area contributed by atoms with Crippen LogP contribution < -0.4 is 4.74 Å². The second-order valence-corrected chi connectivity index (χ2v) is 7.02. The maximum atomic E-state index is 12.6. The Morgan fingerprint density at radius 1 is 1.20 bits per heavy atom. The quantitative estimate of drug-likeness (QED) is 0.794. The van der Waals surface area contributed by atoms with Crippen LogP contribution in [0, 0.1) is 5.92 Å². The van der Waals surface area contributed by atoms with Crippen molar-refractivity contribution in [3.63, 3.8) is 0 Å². The molecule has 25 heavy (non-hydrogen) atoms. The van der Waals surface area contributed by atoms with Crippen LogP contribution in [-0.2, 0) is 9.53 Å². The van der Waals surface area contributed by atoms with E-state index in [1.165, 1.54) is 5.56 Å². The summed E-state index contributed by atoms with van der Waals surface area (Å²) >= 11 is 0. The van der Waals surface area contributed by atoms with Crippen molar-refractivity contribution in [1.29, 1.82) is 0 Å². The summed E-state index contributed by atoms with van der Waals surface area (Å²) in [7, 11) is 1.72. The first-order valence-corrected chi connectivity index (χ1v) is 9.41. The minimum absolute atomic E-state index is 0.176. The smallest absolute Gasteiger partial charge is 0.225 e. The van der Waals surface area contributed by atoms with Crippen molar-refractivity contribution in [3.05, 3.63) is 29.8 Å². The van der Waals surface area contributed by atoms with Gasteiger partial charge in [-0.15, -0.1) is 0 Å². The number of carbonyl (C=O) groups excluding carboxylic acids is 1. The average molecular weight is 346 g/mol. The monoisotopic (exact) mass is 346 g/mol. The van der Waals surface area contributed by atoms with E-state index >= 15 is 0 Å². The molecule has 1 saturated carbocycles. The number of para-hydroxylation sites is 1. The van der Waals surface area contributed by atoms with Crippen LogP contribution >= 0.6 is 0 Å². The Morgan fingerprint density at radius 2 is 1.88 bits per heavy atom. The zero-order valence-electron chi connectivity index (χ0n) is 15.6. The second-order valence-electron chi connectivity index (χ2n) is 7.02. The Kier molecular flexibility index (Phi) is 5.97. The van der Waals surface area contributed by atoms with Gasteiger partial charge in [-0.3, -0.25) is 9.69 Å². The van der Waals surface area contributed by atoms with Gasteiger partial charge in [0.25, 0.3) is 0 Å². The lowest BCUT2D eigenvalue weighted by Crippen LogP contribution is -2.53. The van der Waals surface area contributed by atoms with E-state index in [0.717, 1.165) is 51.4 Å². The number of ether oxygens (including phenoxy) is 2. The van der Waals surface area contributed by atoms with Crippen LogP contribution in [0.3, 0.4) is 0 Å². The fraction of sp³-hybridized carbons (Fsp3) is 0.650. The third-order valence-corrected chi connectivity index (χ3v) is 5.61. The van der Waals surface area contributed by atoms with Gasteiger partial charge in [0.05, 0.1) is 13.2 Å². The van der Waals surface area contributed by atoms with Crippen molar-refractivity contribution < 1.29 is 14.3 Å². The summed E-state index contributed by atoms with van der Waals surface area (Å²) in [6, 6.07) is 8.49. The molecule has 0 spiro atoms. The van der Waals surface area contributed by atoms with Crippen molar-refractivity contribution in [1.82, 2.24) is 9.80 Å². The number of hydrogen-bond donors (Lipinski definition) is 0. The Hall–Kier alpha value is -1.59. The van der Waals surface area contributed by atoms with E-state index in [1.807, 2.05) is 24.0 Å². The zero-order valence-corrected chi connectivity index (χ0v) is 15.6. The summed E-state index contributed by atoms with van der Waals surface area (Å²) in [5, 5.41) is 0. The number of methoxy groups -OCH3 is 1. The molecule has 1 unspecified atom stereocenters. The van der Waals surface area contributed by atoms with Crippen molar-refractivity contribution in [3.8, 4) is 5.75 Å². The highest BCUT2D eigenvalue weighted by Crippen LogP contribution is 2.33. The predicted molar refractivity (Wildman–Crippen MR) is 97.7 cm³/mol. The molecule has 1 atom stereocenters. The molecule has 1 aromatic carbocycles. The highest BCUT2D eigenvalue weighted by Gasteiger charge is 2.38. The van der Waals surface area contributed by atoms with Gasteiger partial charge < -0.3 is 14.4 Å². The number of carbonyl (C=O) groups is 1. The van der Waals surface area contributed by atoms with Gasteiger partial charge in [0.15, 0.2) is 0 Å². The van der Waals surface area contributed by atoms with Gasteiger partial charge in [-0.25, -0.2) is 0 Å². The van der Waals surface area contributed by atoms with Crippen LogP contribution in [0.2, 0.25) is 0 Å². The first-order chi connectivity index (χ1) is 12.1. The molecule has 3 rings (SSSR count). The van der Waals surface area contributed by atoms with Gasteiger partial charge in [0, 0.05) is 50.3 Å². The highest BCUT2D eigenvalue weighted by molar-refractivity contribution is 5.80. The molecule has 2 aliphatic rings. The van der Waals surface area contributed by atoms with E-state index < -0.39 is 0 Å². The molecule has 1 aliphatic carbocycles. The first kappa shape index (κ1) is 18.2. The van der Waals surface area contributed by atoms with E-state index in [9.17, 15) is 4.79 Å². The Bertz CT molecular complexity index is 578. The molecular formula is C20H30N2O3. The maximum Gasteiger partial charge on any atom is 0.225 e. The summed E-state index contributed by atoms with van der Waals surface area (Å²) in [6.07, 6.45) is 2.08. The van der Waals surface area contributed by atoms with Crippen molar-refractivity contribution >= 4 is 5.91 Å². The van der Waals surface area contributed by atoms with E-state index in [2.05, 4.69) is 24.0 Å². The van der Waals surface area contributed by atoms with Gasteiger partial charge in [0.2, 0.25) is 5.91 Å². The first-order valence-electron chi connectivity index (χ1n) is 9.41. The lowest BCUT2D eigenvalue weighted by atomic mass is 9.81. The summed E-state index contributed by atoms with van der Waals surface area (Å²) in [4.78, 5) is 17.1. The van der Waals surface area contributed by atoms with Gasteiger partial charge in [0.1, 0.15) is 5.75 Å². The Labute approximate surface area is 150 Å². The molecule has 5 nitrogen and oxygen atoms in total. The zero-order chi connectivity index (χ0) is 17.8. The molecule has 0 N–H and O–H groups in total. The maximum absolute atomic E-state index is 12.6. The van der Waals surface area contributed by atoms with E-state index in [1.54, 1.807) is 7.11 Å². The fourth-order valence-corrected chi connectivity index (χ4v) is 3.94. The molecule has 1 aliphatic heterocycles. The van der Waals surface area contributed by atoms with Gasteiger partial charge in [-0.05, 0) is 32.8 Å². The van der Waals surface area contributed by atoms with Crippen LogP contribution in [0.1, 0.15) is 38.3 Å². The molecular weight excluding hydrogens is 316 g/mol. The average Bonchev–Trinajstić information content (AvgIpc) is 2.63. The van der Waals surface area contributed by atoms with Crippen molar-refractivity contribution in [2.75, 3.05) is 39.9 Å². The summed E-state index contributed by atoms with van der Waals surface area (Å²) < 4.78 is 11.1. The third-order valence-electron chi connectivity index (χ3n) is 5.61. The van der Waals surface area contributed by atoms with Gasteiger partial charge >= 0.3 is 0 Å².